The van der Waals surface area contributed by atoms with Crippen molar-refractivity contribution in [1.29, 1.82) is 0 Å². The van der Waals surface area contributed by atoms with E-state index < -0.39 is 0 Å². The van der Waals surface area contributed by atoms with Crippen molar-refractivity contribution in [3.8, 4) is 0 Å². The number of amides is 1. The van der Waals surface area contributed by atoms with Gasteiger partial charge in [-0.25, -0.2) is 0 Å². The molecular formula is C25H33N3O2. The van der Waals surface area contributed by atoms with Gasteiger partial charge < -0.3 is 19.8 Å². The summed E-state index contributed by atoms with van der Waals surface area (Å²) in [6.45, 7) is 7.36. The van der Waals surface area contributed by atoms with E-state index in [4.69, 9.17) is 0 Å². The minimum absolute atomic E-state index is 0.133. The largest absolute Gasteiger partial charge is 0.391 e. The van der Waals surface area contributed by atoms with E-state index in [-0.39, 0.29) is 23.5 Å². The second kappa shape index (κ2) is 7.86. The molecule has 0 radical (unpaired) electrons. The highest BCUT2D eigenvalue weighted by Gasteiger charge is 2.51. The van der Waals surface area contributed by atoms with Gasteiger partial charge in [0, 0.05) is 31.9 Å². The number of fused-ring (bicyclic) bond motifs is 1. The zero-order chi connectivity index (χ0) is 20.7. The molecule has 2 aliphatic heterocycles. The highest BCUT2D eigenvalue weighted by molar-refractivity contribution is 5.89. The molecule has 2 aromatic carbocycles. The number of nitrogens with zero attached hydrogens (tertiary/aromatic N) is 3. The lowest BCUT2D eigenvalue weighted by molar-refractivity contribution is -0.134. The van der Waals surface area contributed by atoms with E-state index in [2.05, 4.69) is 52.3 Å². The highest BCUT2D eigenvalue weighted by Crippen LogP contribution is 2.53. The van der Waals surface area contributed by atoms with Crippen molar-refractivity contribution >= 4 is 22.4 Å². The number of carbonyl (C=O) groups is 1. The van der Waals surface area contributed by atoms with Crippen LogP contribution in [-0.4, -0.2) is 72.2 Å². The molecular weight excluding hydrogens is 374 g/mol. The summed E-state index contributed by atoms with van der Waals surface area (Å²) in [4.78, 5) is 19.7. The standard InChI is InChI=1S/C25H33N3O2/c1-19-24(30)27(13-4-12-26-14-11-25(9-10-25)23(29)18-26)15-16-28(19)22-8-7-20-5-2-3-6-21(20)17-22/h2-3,5-8,17,19,23,29H,4,9-16,18H2,1H3/t19?,23-/m1/s1. The van der Waals surface area contributed by atoms with E-state index in [0.717, 1.165) is 57.8 Å². The predicted octanol–water partition coefficient (Wildman–Crippen LogP) is 3.11. The van der Waals surface area contributed by atoms with Crippen molar-refractivity contribution in [1.82, 2.24) is 9.80 Å². The van der Waals surface area contributed by atoms with E-state index in [1.807, 2.05) is 11.8 Å². The zero-order valence-corrected chi connectivity index (χ0v) is 18.0. The topological polar surface area (TPSA) is 47.0 Å². The molecule has 0 bridgehead atoms. The van der Waals surface area contributed by atoms with Gasteiger partial charge in [0.25, 0.3) is 0 Å². The number of piperidine rings is 1. The molecule has 5 rings (SSSR count). The normalized spacial score (nSPS) is 26.5. The lowest BCUT2D eigenvalue weighted by Crippen LogP contribution is -2.56. The molecule has 3 fully saturated rings. The molecule has 1 N–H and O–H groups in total. The molecule has 1 aliphatic carbocycles. The van der Waals surface area contributed by atoms with Crippen LogP contribution >= 0.6 is 0 Å². The summed E-state index contributed by atoms with van der Waals surface area (Å²) in [5.41, 5.74) is 1.39. The van der Waals surface area contributed by atoms with Crippen LogP contribution in [0.5, 0.6) is 0 Å². The number of likely N-dealkylation sites (tertiary alicyclic amines) is 1. The molecule has 3 aliphatic rings. The molecule has 2 heterocycles. The Hall–Kier alpha value is -2.11. The summed E-state index contributed by atoms with van der Waals surface area (Å²) in [5.74, 6) is 0.227. The van der Waals surface area contributed by atoms with Crippen molar-refractivity contribution in [3.05, 3.63) is 42.5 Å². The molecule has 30 heavy (non-hydrogen) atoms. The first-order valence-corrected chi connectivity index (χ1v) is 11.5. The Bertz CT molecular complexity index is 926. The third-order valence-electron chi connectivity index (χ3n) is 7.67. The van der Waals surface area contributed by atoms with Crippen LogP contribution in [0.4, 0.5) is 5.69 Å². The van der Waals surface area contributed by atoms with Crippen LogP contribution in [-0.2, 0) is 4.79 Å². The van der Waals surface area contributed by atoms with Gasteiger partial charge in [-0.2, -0.15) is 0 Å². The summed E-state index contributed by atoms with van der Waals surface area (Å²) in [5, 5.41) is 12.8. The van der Waals surface area contributed by atoms with Gasteiger partial charge >= 0.3 is 0 Å². The molecule has 2 atom stereocenters. The number of piperazine rings is 1. The maximum absolute atomic E-state index is 13.0. The van der Waals surface area contributed by atoms with Crippen molar-refractivity contribution in [2.45, 2.75) is 44.8 Å². The third kappa shape index (κ3) is 3.69. The summed E-state index contributed by atoms with van der Waals surface area (Å²) >= 11 is 0. The van der Waals surface area contributed by atoms with Crippen LogP contribution in [0.3, 0.4) is 0 Å². The molecule has 5 nitrogen and oxygen atoms in total. The number of rotatable bonds is 5. The van der Waals surface area contributed by atoms with Crippen LogP contribution in [0.2, 0.25) is 0 Å². The zero-order valence-electron chi connectivity index (χ0n) is 18.0. The monoisotopic (exact) mass is 407 g/mol. The number of aliphatic hydroxyl groups is 1. The van der Waals surface area contributed by atoms with Crippen molar-refractivity contribution in [2.24, 2.45) is 5.41 Å². The number of hydrogen-bond acceptors (Lipinski definition) is 4. The molecule has 2 saturated heterocycles. The van der Waals surface area contributed by atoms with Crippen molar-refractivity contribution in [2.75, 3.05) is 44.2 Å². The van der Waals surface area contributed by atoms with Gasteiger partial charge in [0.1, 0.15) is 6.04 Å². The van der Waals surface area contributed by atoms with Gasteiger partial charge in [-0.1, -0.05) is 30.3 Å². The smallest absolute Gasteiger partial charge is 0.245 e. The van der Waals surface area contributed by atoms with Crippen LogP contribution < -0.4 is 4.90 Å². The second-order valence-corrected chi connectivity index (χ2v) is 9.51. The van der Waals surface area contributed by atoms with E-state index in [9.17, 15) is 9.90 Å². The van der Waals surface area contributed by atoms with E-state index in [1.54, 1.807) is 0 Å². The molecule has 1 spiro atoms. The maximum atomic E-state index is 13.0. The Morgan fingerprint density at radius 3 is 2.57 bits per heavy atom. The summed E-state index contributed by atoms with van der Waals surface area (Å²) in [7, 11) is 0. The molecule has 0 aromatic heterocycles. The summed E-state index contributed by atoms with van der Waals surface area (Å²) in [6.07, 6.45) is 4.37. The van der Waals surface area contributed by atoms with Gasteiger partial charge in [-0.15, -0.1) is 0 Å². The average Bonchev–Trinajstić information content (AvgIpc) is 3.54. The molecule has 1 saturated carbocycles. The Kier molecular flexibility index (Phi) is 5.19. The fraction of sp³-hybridized carbons (Fsp3) is 0.560. The number of benzene rings is 2. The van der Waals surface area contributed by atoms with Gasteiger partial charge in [0.05, 0.1) is 6.10 Å². The lowest BCUT2D eigenvalue weighted by atomic mass is 9.90. The third-order valence-corrected chi connectivity index (χ3v) is 7.67. The minimum atomic E-state index is -0.154. The first kappa shape index (κ1) is 19.8. The Morgan fingerprint density at radius 2 is 1.80 bits per heavy atom. The molecule has 160 valence electrons. The minimum Gasteiger partial charge on any atom is -0.391 e. The molecule has 2 aromatic rings. The molecule has 1 unspecified atom stereocenters. The molecule has 1 amide bonds. The average molecular weight is 408 g/mol. The Morgan fingerprint density at radius 1 is 1.00 bits per heavy atom. The predicted molar refractivity (Wildman–Crippen MR) is 121 cm³/mol. The van der Waals surface area contributed by atoms with Gasteiger partial charge in [-0.3, -0.25) is 4.79 Å². The quantitative estimate of drug-likeness (QED) is 0.827. The van der Waals surface area contributed by atoms with Crippen LogP contribution in [0.25, 0.3) is 10.8 Å². The first-order valence-electron chi connectivity index (χ1n) is 11.5. The van der Waals surface area contributed by atoms with Crippen molar-refractivity contribution in [3.63, 3.8) is 0 Å². The second-order valence-electron chi connectivity index (χ2n) is 9.51. The first-order chi connectivity index (χ1) is 14.6. The van der Waals surface area contributed by atoms with E-state index in [0.29, 0.717) is 0 Å². The number of aliphatic hydroxyl groups excluding tert-OH is 1. The summed E-state index contributed by atoms with van der Waals surface area (Å²) in [6, 6.07) is 14.7. The van der Waals surface area contributed by atoms with Gasteiger partial charge in [0.15, 0.2) is 0 Å². The number of carbonyl (C=O) groups excluding carboxylic acids is 1. The molecule has 5 heteroatoms. The summed E-state index contributed by atoms with van der Waals surface area (Å²) < 4.78 is 0. The Labute approximate surface area is 179 Å². The number of hydrogen-bond donors (Lipinski definition) is 1. The lowest BCUT2D eigenvalue weighted by Gasteiger charge is -2.41. The number of anilines is 1. The van der Waals surface area contributed by atoms with Gasteiger partial charge in [-0.05, 0) is 74.0 Å². The van der Waals surface area contributed by atoms with Gasteiger partial charge in [0.2, 0.25) is 5.91 Å². The fourth-order valence-corrected chi connectivity index (χ4v) is 5.37. The highest BCUT2D eigenvalue weighted by atomic mass is 16.3. The fourth-order valence-electron chi connectivity index (χ4n) is 5.37. The van der Waals surface area contributed by atoms with Crippen LogP contribution in [0.15, 0.2) is 42.5 Å². The van der Waals surface area contributed by atoms with E-state index in [1.165, 1.54) is 23.6 Å². The van der Waals surface area contributed by atoms with E-state index >= 15 is 0 Å². The van der Waals surface area contributed by atoms with Crippen LogP contribution in [0.1, 0.15) is 32.6 Å². The maximum Gasteiger partial charge on any atom is 0.245 e. The SMILES string of the molecule is CC1C(=O)N(CCCN2CCC3(CC3)[C@H](O)C2)CCN1c1ccc2ccccc2c1. The Balaban J connectivity index is 1.15. The number of β-amino-alcohol motifs (C(OH)–C–C–N with tert-alkyl or cyclic N) is 1. The van der Waals surface area contributed by atoms with Crippen molar-refractivity contribution < 1.29 is 9.90 Å². The van der Waals surface area contributed by atoms with Crippen LogP contribution in [0, 0.1) is 5.41 Å².